The molecule has 3 atom stereocenters. The standard InChI is InChI=1S/C15H28N2O4/c1-10-8-17(9-11(2)21-10)14(20)16-7-12(13(18)19)6-15(3,4)5/h10-12H,6-9H2,1-5H3,(H,16,20)(H,18,19)/t10-,11+,12?. The summed E-state index contributed by atoms with van der Waals surface area (Å²) in [5, 5.41) is 12.0. The van der Waals surface area contributed by atoms with Crippen LogP contribution >= 0.6 is 0 Å². The second-order valence-corrected chi connectivity index (χ2v) is 7.15. The highest BCUT2D eigenvalue weighted by atomic mass is 16.5. The second-order valence-electron chi connectivity index (χ2n) is 7.15. The molecule has 1 aliphatic rings. The van der Waals surface area contributed by atoms with Crippen LogP contribution in [-0.2, 0) is 9.53 Å². The Morgan fingerprint density at radius 3 is 2.24 bits per heavy atom. The zero-order valence-electron chi connectivity index (χ0n) is 13.7. The van der Waals surface area contributed by atoms with Gasteiger partial charge in [-0.05, 0) is 25.7 Å². The van der Waals surface area contributed by atoms with Crippen molar-refractivity contribution in [3.05, 3.63) is 0 Å². The van der Waals surface area contributed by atoms with E-state index in [1.54, 1.807) is 4.90 Å². The summed E-state index contributed by atoms with van der Waals surface area (Å²) in [6, 6.07) is -0.211. The van der Waals surface area contributed by atoms with Crippen LogP contribution in [0, 0.1) is 11.3 Å². The maximum Gasteiger partial charge on any atom is 0.317 e. The Labute approximate surface area is 126 Å². The highest BCUT2D eigenvalue weighted by Crippen LogP contribution is 2.24. The van der Waals surface area contributed by atoms with Gasteiger partial charge in [-0.3, -0.25) is 4.79 Å². The molecule has 1 aliphatic heterocycles. The highest BCUT2D eigenvalue weighted by molar-refractivity contribution is 5.76. The fourth-order valence-corrected chi connectivity index (χ4v) is 2.65. The van der Waals surface area contributed by atoms with Crippen molar-refractivity contribution in [2.24, 2.45) is 11.3 Å². The van der Waals surface area contributed by atoms with Crippen molar-refractivity contribution >= 4 is 12.0 Å². The van der Waals surface area contributed by atoms with Crippen LogP contribution < -0.4 is 5.32 Å². The van der Waals surface area contributed by atoms with E-state index in [1.165, 1.54) is 0 Å². The largest absolute Gasteiger partial charge is 0.481 e. The van der Waals surface area contributed by atoms with Crippen molar-refractivity contribution in [2.75, 3.05) is 19.6 Å². The van der Waals surface area contributed by atoms with Crippen LogP contribution in [-0.4, -0.2) is 53.8 Å². The van der Waals surface area contributed by atoms with Crippen molar-refractivity contribution < 1.29 is 19.4 Å². The van der Waals surface area contributed by atoms with E-state index >= 15 is 0 Å². The van der Waals surface area contributed by atoms with Gasteiger partial charge in [0.25, 0.3) is 0 Å². The van der Waals surface area contributed by atoms with Crippen LogP contribution in [0.2, 0.25) is 0 Å². The van der Waals surface area contributed by atoms with Crippen LogP contribution in [0.3, 0.4) is 0 Å². The molecule has 1 heterocycles. The quantitative estimate of drug-likeness (QED) is 0.831. The number of rotatable bonds is 4. The number of carbonyl (C=O) groups is 2. The van der Waals surface area contributed by atoms with E-state index in [-0.39, 0.29) is 30.2 Å². The maximum atomic E-state index is 12.1. The van der Waals surface area contributed by atoms with Gasteiger partial charge in [-0.25, -0.2) is 4.79 Å². The first-order valence-electron chi connectivity index (χ1n) is 7.49. The molecule has 0 aliphatic carbocycles. The molecule has 2 amide bonds. The minimum Gasteiger partial charge on any atom is -0.481 e. The number of ether oxygens (including phenoxy) is 1. The minimum atomic E-state index is -0.867. The molecule has 1 saturated heterocycles. The summed E-state index contributed by atoms with van der Waals surface area (Å²) in [7, 11) is 0. The van der Waals surface area contributed by atoms with Gasteiger partial charge >= 0.3 is 12.0 Å². The Hall–Kier alpha value is -1.30. The van der Waals surface area contributed by atoms with Crippen molar-refractivity contribution in [2.45, 2.75) is 53.2 Å². The molecule has 1 rings (SSSR count). The maximum absolute atomic E-state index is 12.1. The number of hydrogen-bond donors (Lipinski definition) is 2. The van der Waals surface area contributed by atoms with Gasteiger partial charge in [-0.15, -0.1) is 0 Å². The van der Waals surface area contributed by atoms with Gasteiger partial charge < -0.3 is 20.1 Å². The van der Waals surface area contributed by atoms with E-state index in [4.69, 9.17) is 4.74 Å². The van der Waals surface area contributed by atoms with Crippen LogP contribution in [0.5, 0.6) is 0 Å². The summed E-state index contributed by atoms with van der Waals surface area (Å²) in [5.74, 6) is -1.43. The Kier molecular flexibility index (Phi) is 6.01. The third kappa shape index (κ3) is 6.33. The van der Waals surface area contributed by atoms with Crippen molar-refractivity contribution in [1.29, 1.82) is 0 Å². The van der Waals surface area contributed by atoms with E-state index in [0.29, 0.717) is 19.5 Å². The lowest BCUT2D eigenvalue weighted by Crippen LogP contribution is -2.52. The Morgan fingerprint density at radius 2 is 1.81 bits per heavy atom. The van der Waals surface area contributed by atoms with Crippen LogP contribution in [0.15, 0.2) is 0 Å². The molecule has 0 spiro atoms. The third-order valence-electron chi connectivity index (χ3n) is 3.41. The molecule has 1 fully saturated rings. The van der Waals surface area contributed by atoms with Crippen molar-refractivity contribution in [3.8, 4) is 0 Å². The Balaban J connectivity index is 2.51. The first-order valence-corrected chi connectivity index (χ1v) is 7.49. The number of nitrogens with zero attached hydrogens (tertiary/aromatic N) is 1. The lowest BCUT2D eigenvalue weighted by molar-refractivity contribution is -0.142. The molecule has 6 nitrogen and oxygen atoms in total. The molecule has 0 aromatic carbocycles. The number of aliphatic carboxylic acids is 1. The molecule has 0 aromatic heterocycles. The zero-order chi connectivity index (χ0) is 16.2. The van der Waals surface area contributed by atoms with E-state index < -0.39 is 11.9 Å². The zero-order valence-corrected chi connectivity index (χ0v) is 13.7. The van der Waals surface area contributed by atoms with Gasteiger partial charge in [-0.1, -0.05) is 20.8 Å². The molecule has 122 valence electrons. The Morgan fingerprint density at radius 1 is 1.29 bits per heavy atom. The number of hydrogen-bond acceptors (Lipinski definition) is 3. The van der Waals surface area contributed by atoms with Crippen molar-refractivity contribution in [1.82, 2.24) is 10.2 Å². The van der Waals surface area contributed by atoms with E-state index in [1.807, 2.05) is 34.6 Å². The van der Waals surface area contributed by atoms with Gasteiger partial charge in [0.15, 0.2) is 0 Å². The second kappa shape index (κ2) is 7.11. The number of amides is 2. The SMILES string of the molecule is C[C@@H]1CN(C(=O)NCC(CC(C)(C)C)C(=O)O)C[C@H](C)O1. The number of carboxylic acids is 1. The number of urea groups is 1. The van der Waals surface area contributed by atoms with Crippen molar-refractivity contribution in [3.63, 3.8) is 0 Å². The van der Waals surface area contributed by atoms with Gasteiger partial charge in [0.1, 0.15) is 0 Å². The lowest BCUT2D eigenvalue weighted by atomic mass is 9.84. The first kappa shape index (κ1) is 17.8. The summed E-state index contributed by atoms with van der Waals surface area (Å²) in [6.45, 7) is 11.1. The summed E-state index contributed by atoms with van der Waals surface area (Å²) in [6.07, 6.45) is 0.534. The van der Waals surface area contributed by atoms with E-state index in [2.05, 4.69) is 5.32 Å². The molecular formula is C15H28N2O4. The molecule has 1 unspecified atom stereocenters. The predicted octanol–water partition coefficient (Wildman–Crippen LogP) is 1.94. The summed E-state index contributed by atoms with van der Waals surface area (Å²) >= 11 is 0. The van der Waals surface area contributed by atoms with Crippen LogP contribution in [0.1, 0.15) is 41.0 Å². The van der Waals surface area contributed by atoms with Gasteiger partial charge in [0.05, 0.1) is 18.1 Å². The van der Waals surface area contributed by atoms with Gasteiger partial charge in [0, 0.05) is 19.6 Å². The van der Waals surface area contributed by atoms with E-state index in [9.17, 15) is 14.7 Å². The third-order valence-corrected chi connectivity index (χ3v) is 3.41. The number of nitrogens with one attached hydrogen (secondary N) is 1. The topological polar surface area (TPSA) is 78.9 Å². The number of carboxylic acid groups (broad SMARTS) is 1. The summed E-state index contributed by atoms with van der Waals surface area (Å²) in [4.78, 5) is 25.1. The molecule has 0 saturated carbocycles. The average Bonchev–Trinajstić information content (AvgIpc) is 2.31. The molecule has 0 aromatic rings. The first-order chi connectivity index (χ1) is 9.58. The van der Waals surface area contributed by atoms with Crippen LogP contribution in [0.4, 0.5) is 4.79 Å². The fraction of sp³-hybridized carbons (Fsp3) is 0.867. The molecule has 21 heavy (non-hydrogen) atoms. The molecule has 2 N–H and O–H groups in total. The molecule has 0 bridgehead atoms. The smallest absolute Gasteiger partial charge is 0.317 e. The molecular weight excluding hydrogens is 272 g/mol. The molecule has 0 radical (unpaired) electrons. The number of carbonyl (C=O) groups excluding carboxylic acids is 1. The highest BCUT2D eigenvalue weighted by Gasteiger charge is 2.28. The predicted molar refractivity (Wildman–Crippen MR) is 80.2 cm³/mol. The minimum absolute atomic E-state index is 0.00402. The summed E-state index contributed by atoms with van der Waals surface area (Å²) < 4.78 is 5.58. The average molecular weight is 300 g/mol. The summed E-state index contributed by atoms with van der Waals surface area (Å²) in [5.41, 5.74) is -0.0875. The van der Waals surface area contributed by atoms with E-state index in [0.717, 1.165) is 0 Å². The Bertz CT molecular complexity index is 368. The molecule has 6 heteroatoms. The monoisotopic (exact) mass is 300 g/mol. The lowest BCUT2D eigenvalue weighted by Gasteiger charge is -2.35. The van der Waals surface area contributed by atoms with Crippen LogP contribution in [0.25, 0.3) is 0 Å². The normalized spacial score (nSPS) is 24.5. The fourth-order valence-electron chi connectivity index (χ4n) is 2.65. The number of morpholine rings is 1. The van der Waals surface area contributed by atoms with Gasteiger partial charge in [-0.2, -0.15) is 0 Å². The van der Waals surface area contributed by atoms with Gasteiger partial charge in [0.2, 0.25) is 0 Å².